The van der Waals surface area contributed by atoms with Crippen molar-refractivity contribution < 1.29 is 4.79 Å². The molecule has 104 valence electrons. The lowest BCUT2D eigenvalue weighted by Crippen LogP contribution is -2.47. The summed E-state index contributed by atoms with van der Waals surface area (Å²) in [4.78, 5) is 25.7. The molecule has 6 heteroatoms. The molecule has 0 aromatic carbocycles. The van der Waals surface area contributed by atoms with Crippen LogP contribution in [0.2, 0.25) is 0 Å². The molecule has 1 saturated heterocycles. The Labute approximate surface area is 116 Å². The van der Waals surface area contributed by atoms with E-state index in [1.165, 1.54) is 16.8 Å². The van der Waals surface area contributed by atoms with Crippen molar-refractivity contribution in [2.45, 2.75) is 25.1 Å². The van der Waals surface area contributed by atoms with Gasteiger partial charge in [-0.3, -0.25) is 9.59 Å². The molecule has 1 aromatic rings. The van der Waals surface area contributed by atoms with Crippen LogP contribution in [0.4, 0.5) is 5.69 Å². The van der Waals surface area contributed by atoms with E-state index in [4.69, 9.17) is 5.73 Å². The highest BCUT2D eigenvalue weighted by atomic mass is 32.2. The summed E-state index contributed by atoms with van der Waals surface area (Å²) in [6, 6.07) is 2.93. The predicted molar refractivity (Wildman–Crippen MR) is 78.2 cm³/mol. The Hall–Kier alpha value is -1.43. The van der Waals surface area contributed by atoms with E-state index in [0.717, 1.165) is 12.3 Å². The second-order valence-corrected chi connectivity index (χ2v) is 7.15. The maximum absolute atomic E-state index is 12.2. The van der Waals surface area contributed by atoms with Crippen molar-refractivity contribution in [3.63, 3.8) is 0 Å². The monoisotopic (exact) mass is 281 g/mol. The highest BCUT2D eigenvalue weighted by Crippen LogP contribution is 2.29. The Bertz CT molecular complexity index is 539. The first-order valence-corrected chi connectivity index (χ1v) is 7.24. The van der Waals surface area contributed by atoms with Gasteiger partial charge >= 0.3 is 0 Å². The molecule has 1 aliphatic rings. The number of pyridine rings is 1. The zero-order valence-electron chi connectivity index (χ0n) is 11.3. The topological polar surface area (TPSA) is 68.3 Å². The summed E-state index contributed by atoms with van der Waals surface area (Å²) in [5.74, 6) is 0.908. The van der Waals surface area contributed by atoms with E-state index in [9.17, 15) is 9.59 Å². The third kappa shape index (κ3) is 3.53. The molecule has 2 heterocycles. The molecule has 1 aliphatic heterocycles. The number of carbonyl (C=O) groups excluding carboxylic acids is 1. The zero-order valence-corrected chi connectivity index (χ0v) is 12.1. The van der Waals surface area contributed by atoms with Crippen molar-refractivity contribution in [1.29, 1.82) is 0 Å². The first kappa shape index (κ1) is 14.0. The van der Waals surface area contributed by atoms with Gasteiger partial charge in [-0.1, -0.05) is 0 Å². The number of carbonyl (C=O) groups is 1. The van der Waals surface area contributed by atoms with Crippen LogP contribution >= 0.6 is 11.8 Å². The molecule has 19 heavy (non-hydrogen) atoms. The van der Waals surface area contributed by atoms with Crippen LogP contribution in [0.1, 0.15) is 13.8 Å². The molecular weight excluding hydrogens is 262 g/mol. The smallest absolute Gasteiger partial charge is 0.251 e. The Morgan fingerprint density at radius 1 is 1.47 bits per heavy atom. The SMILES string of the molecule is CC1(C)CN(C(=O)Cn2cc(N)ccc2=O)CCS1. The third-order valence-corrected chi connectivity index (χ3v) is 4.39. The summed E-state index contributed by atoms with van der Waals surface area (Å²) in [5, 5.41) is 0. The van der Waals surface area contributed by atoms with Gasteiger partial charge in [-0.2, -0.15) is 11.8 Å². The summed E-state index contributed by atoms with van der Waals surface area (Å²) in [6.45, 7) is 5.77. The van der Waals surface area contributed by atoms with Gasteiger partial charge in [-0.15, -0.1) is 0 Å². The number of nitrogens with two attached hydrogens (primary N) is 1. The summed E-state index contributed by atoms with van der Waals surface area (Å²) in [5.41, 5.74) is 5.92. The number of anilines is 1. The maximum atomic E-state index is 12.2. The van der Waals surface area contributed by atoms with E-state index in [1.807, 2.05) is 16.7 Å². The number of hydrogen-bond donors (Lipinski definition) is 1. The van der Waals surface area contributed by atoms with E-state index in [1.54, 1.807) is 6.07 Å². The molecule has 1 aromatic heterocycles. The van der Waals surface area contributed by atoms with Crippen molar-refractivity contribution in [2.24, 2.45) is 0 Å². The Morgan fingerprint density at radius 3 is 2.89 bits per heavy atom. The summed E-state index contributed by atoms with van der Waals surface area (Å²) in [7, 11) is 0. The predicted octanol–water partition coefficient (Wildman–Crippen LogP) is 0.785. The second kappa shape index (κ2) is 5.28. The first-order valence-electron chi connectivity index (χ1n) is 6.25. The largest absolute Gasteiger partial charge is 0.398 e. The number of aromatic nitrogens is 1. The first-order chi connectivity index (χ1) is 8.87. The lowest BCUT2D eigenvalue weighted by molar-refractivity contribution is -0.132. The number of nitrogens with zero attached hydrogens (tertiary/aromatic N) is 2. The van der Waals surface area contributed by atoms with E-state index < -0.39 is 0 Å². The lowest BCUT2D eigenvalue weighted by Gasteiger charge is -2.37. The van der Waals surface area contributed by atoms with Crippen LogP contribution in [0, 0.1) is 0 Å². The van der Waals surface area contributed by atoms with Gasteiger partial charge in [0, 0.05) is 41.5 Å². The third-order valence-electron chi connectivity index (χ3n) is 3.09. The second-order valence-electron chi connectivity index (χ2n) is 5.35. The van der Waals surface area contributed by atoms with Gasteiger partial charge in [0.25, 0.3) is 5.56 Å². The van der Waals surface area contributed by atoms with Crippen molar-refractivity contribution in [1.82, 2.24) is 9.47 Å². The average Bonchev–Trinajstić information content (AvgIpc) is 2.32. The van der Waals surface area contributed by atoms with Gasteiger partial charge < -0.3 is 15.2 Å². The highest BCUT2D eigenvalue weighted by molar-refractivity contribution is 8.00. The molecule has 0 aliphatic carbocycles. The fourth-order valence-corrected chi connectivity index (χ4v) is 3.26. The molecule has 2 rings (SSSR count). The van der Waals surface area contributed by atoms with Crippen molar-refractivity contribution in [3.05, 3.63) is 28.7 Å². The number of hydrogen-bond acceptors (Lipinski definition) is 4. The molecule has 0 unspecified atom stereocenters. The number of rotatable bonds is 2. The molecule has 2 N–H and O–H groups in total. The molecular formula is C13H19N3O2S. The van der Waals surface area contributed by atoms with Gasteiger partial charge in [-0.05, 0) is 19.9 Å². The number of nitrogen functional groups attached to an aromatic ring is 1. The van der Waals surface area contributed by atoms with Crippen LogP contribution in [0.15, 0.2) is 23.1 Å². The van der Waals surface area contributed by atoms with Crippen molar-refractivity contribution >= 4 is 23.4 Å². The normalized spacial score (nSPS) is 18.3. The minimum absolute atomic E-state index is 0.0268. The van der Waals surface area contributed by atoms with Gasteiger partial charge in [0.15, 0.2) is 0 Å². The molecule has 0 radical (unpaired) electrons. The van der Waals surface area contributed by atoms with Gasteiger partial charge in [-0.25, -0.2) is 0 Å². The fourth-order valence-electron chi connectivity index (χ4n) is 2.15. The van der Waals surface area contributed by atoms with Crippen LogP contribution in [0.3, 0.4) is 0 Å². The quantitative estimate of drug-likeness (QED) is 0.870. The van der Waals surface area contributed by atoms with Crippen LogP contribution in [0.5, 0.6) is 0 Å². The molecule has 0 saturated carbocycles. The van der Waals surface area contributed by atoms with Crippen LogP contribution < -0.4 is 11.3 Å². The molecule has 1 amide bonds. The van der Waals surface area contributed by atoms with Gasteiger partial charge in [0.05, 0.1) is 0 Å². The molecule has 0 atom stereocenters. The standard InChI is InChI=1S/C13H19N3O2S/c1-13(2)9-15(5-6-19-13)12(18)8-16-7-10(14)3-4-11(16)17/h3-4,7H,5-6,8-9,14H2,1-2H3. The maximum Gasteiger partial charge on any atom is 0.251 e. The van der Waals surface area contributed by atoms with E-state index in [0.29, 0.717) is 12.2 Å². The summed E-state index contributed by atoms with van der Waals surface area (Å²) in [6.07, 6.45) is 1.52. The molecule has 5 nitrogen and oxygen atoms in total. The van der Waals surface area contributed by atoms with Crippen molar-refractivity contribution in [3.8, 4) is 0 Å². The van der Waals surface area contributed by atoms with Crippen LogP contribution in [-0.2, 0) is 11.3 Å². The minimum atomic E-state index is -0.201. The van der Waals surface area contributed by atoms with E-state index in [-0.39, 0.29) is 22.8 Å². The minimum Gasteiger partial charge on any atom is -0.398 e. The van der Waals surface area contributed by atoms with E-state index >= 15 is 0 Å². The molecule has 0 spiro atoms. The summed E-state index contributed by atoms with van der Waals surface area (Å²) >= 11 is 1.87. The Morgan fingerprint density at radius 2 is 2.21 bits per heavy atom. The van der Waals surface area contributed by atoms with E-state index in [2.05, 4.69) is 13.8 Å². The van der Waals surface area contributed by atoms with Gasteiger partial charge in [0.1, 0.15) is 6.54 Å². The molecule has 0 bridgehead atoms. The van der Waals surface area contributed by atoms with Crippen LogP contribution in [-0.4, -0.2) is 39.0 Å². The Balaban J connectivity index is 2.09. The highest BCUT2D eigenvalue weighted by Gasteiger charge is 2.29. The Kier molecular flexibility index (Phi) is 3.89. The fraction of sp³-hybridized carbons (Fsp3) is 0.538. The average molecular weight is 281 g/mol. The lowest BCUT2D eigenvalue weighted by atomic mass is 10.2. The van der Waals surface area contributed by atoms with Gasteiger partial charge in [0.2, 0.25) is 5.91 Å². The number of thioether (sulfide) groups is 1. The summed E-state index contributed by atoms with van der Waals surface area (Å²) < 4.78 is 1.45. The zero-order chi connectivity index (χ0) is 14.0. The van der Waals surface area contributed by atoms with Crippen molar-refractivity contribution in [2.75, 3.05) is 24.6 Å². The molecule has 1 fully saturated rings. The number of amides is 1. The van der Waals surface area contributed by atoms with Crippen LogP contribution in [0.25, 0.3) is 0 Å².